The summed E-state index contributed by atoms with van der Waals surface area (Å²) in [6.07, 6.45) is 2.53. The zero-order chi connectivity index (χ0) is 10.9. The van der Waals surface area contributed by atoms with Gasteiger partial charge in [0, 0.05) is 13.1 Å². The molecule has 0 amide bonds. The molecule has 1 atom stereocenters. The summed E-state index contributed by atoms with van der Waals surface area (Å²) in [6.45, 7) is 7.34. The number of hydrogen-bond acceptors (Lipinski definition) is 2. The van der Waals surface area contributed by atoms with Crippen LogP contribution in [-0.4, -0.2) is 6.17 Å². The van der Waals surface area contributed by atoms with E-state index < -0.39 is 0 Å². The lowest BCUT2D eigenvalue weighted by atomic mass is 10.2. The van der Waals surface area contributed by atoms with Gasteiger partial charge in [0.2, 0.25) is 0 Å². The van der Waals surface area contributed by atoms with Crippen LogP contribution in [0.2, 0.25) is 0 Å². The molecule has 2 nitrogen and oxygen atoms in total. The van der Waals surface area contributed by atoms with Crippen molar-refractivity contribution >= 4 is 0 Å². The largest absolute Gasteiger partial charge is 0.298 e. The van der Waals surface area contributed by atoms with Gasteiger partial charge in [-0.3, -0.25) is 10.6 Å². The van der Waals surface area contributed by atoms with Crippen molar-refractivity contribution in [2.45, 2.75) is 39.4 Å². The van der Waals surface area contributed by atoms with Crippen LogP contribution in [0.1, 0.15) is 32.3 Å². The van der Waals surface area contributed by atoms with Crippen LogP contribution in [0.5, 0.6) is 0 Å². The van der Waals surface area contributed by atoms with E-state index in [-0.39, 0.29) is 0 Å². The zero-order valence-electron chi connectivity index (χ0n) is 9.66. The molecule has 1 aromatic rings. The Kier molecular flexibility index (Phi) is 6.05. The van der Waals surface area contributed by atoms with Crippen molar-refractivity contribution < 1.29 is 0 Å². The molecule has 2 heteroatoms. The third-order valence-corrected chi connectivity index (χ3v) is 2.33. The molecule has 1 rings (SSSR count). The Hall–Kier alpha value is -0.860. The Labute approximate surface area is 93.1 Å². The lowest BCUT2D eigenvalue weighted by Crippen LogP contribution is -2.39. The molecule has 1 radical (unpaired) electrons. The molecule has 0 fully saturated rings. The highest BCUT2D eigenvalue weighted by molar-refractivity contribution is 5.14. The first-order valence-corrected chi connectivity index (χ1v) is 5.71. The smallest absolute Gasteiger partial charge is 0.0574 e. The van der Waals surface area contributed by atoms with E-state index >= 15 is 0 Å². The molecule has 0 heterocycles. The molecule has 0 bridgehead atoms. The van der Waals surface area contributed by atoms with Crippen LogP contribution in [0.25, 0.3) is 0 Å². The minimum atomic E-state index is 0.380. The molecule has 0 spiro atoms. The summed E-state index contributed by atoms with van der Waals surface area (Å²) in [5, 5.41) is 6.83. The molecular formula is C13H21N2. The maximum atomic E-state index is 3.48. The quantitative estimate of drug-likeness (QED) is 0.669. The summed E-state index contributed by atoms with van der Waals surface area (Å²) >= 11 is 0. The van der Waals surface area contributed by atoms with Crippen molar-refractivity contribution in [1.29, 1.82) is 0 Å². The maximum absolute atomic E-state index is 3.48. The predicted molar refractivity (Wildman–Crippen MR) is 65.1 cm³/mol. The molecule has 1 aromatic carbocycles. The fourth-order valence-corrected chi connectivity index (χ4v) is 1.42. The average Bonchev–Trinajstić information content (AvgIpc) is 2.31. The summed E-state index contributed by atoms with van der Waals surface area (Å²) in [5.74, 6) is 0. The van der Waals surface area contributed by atoms with Crippen LogP contribution in [0.4, 0.5) is 0 Å². The molecule has 0 aromatic heterocycles. The normalized spacial score (nSPS) is 12.7. The molecule has 0 aliphatic rings. The number of rotatable bonds is 7. The third-order valence-electron chi connectivity index (χ3n) is 2.33. The average molecular weight is 205 g/mol. The van der Waals surface area contributed by atoms with Crippen molar-refractivity contribution in [1.82, 2.24) is 10.6 Å². The summed E-state index contributed by atoms with van der Waals surface area (Å²) < 4.78 is 0. The fourth-order valence-electron chi connectivity index (χ4n) is 1.42. The van der Waals surface area contributed by atoms with Gasteiger partial charge in [-0.1, -0.05) is 44.2 Å². The van der Waals surface area contributed by atoms with Crippen molar-refractivity contribution in [3.63, 3.8) is 0 Å². The zero-order valence-corrected chi connectivity index (χ0v) is 9.66. The van der Waals surface area contributed by atoms with E-state index in [1.54, 1.807) is 0 Å². The van der Waals surface area contributed by atoms with Crippen LogP contribution in [-0.2, 0) is 6.54 Å². The van der Waals surface area contributed by atoms with E-state index in [4.69, 9.17) is 0 Å². The van der Waals surface area contributed by atoms with Gasteiger partial charge in [-0.25, -0.2) is 0 Å². The standard InChI is InChI=1S/C13H21N2/c1-3-10-14-13(4-2)15-11-12-8-6-5-7-9-12/h5-10,13-15H,3-4,11H2,1-2H3. The molecular weight excluding hydrogens is 184 g/mol. The van der Waals surface area contributed by atoms with E-state index in [2.05, 4.69) is 55.3 Å². The highest BCUT2D eigenvalue weighted by Crippen LogP contribution is 1.99. The second kappa shape index (κ2) is 7.43. The summed E-state index contributed by atoms with van der Waals surface area (Å²) in [6, 6.07) is 10.5. The van der Waals surface area contributed by atoms with Crippen molar-refractivity contribution in [3.8, 4) is 0 Å². The van der Waals surface area contributed by atoms with Gasteiger partial charge in [0.25, 0.3) is 0 Å². The minimum absolute atomic E-state index is 0.380. The monoisotopic (exact) mass is 205 g/mol. The molecule has 0 saturated heterocycles. The van der Waals surface area contributed by atoms with Crippen molar-refractivity contribution in [3.05, 3.63) is 42.4 Å². The van der Waals surface area contributed by atoms with Crippen LogP contribution in [0, 0.1) is 6.54 Å². The van der Waals surface area contributed by atoms with E-state index in [9.17, 15) is 0 Å². The first-order valence-electron chi connectivity index (χ1n) is 5.71. The summed E-state index contributed by atoms with van der Waals surface area (Å²) in [7, 11) is 0. The highest BCUT2D eigenvalue weighted by atomic mass is 15.1. The Morgan fingerprint density at radius 1 is 1.20 bits per heavy atom. The molecule has 2 N–H and O–H groups in total. The number of benzene rings is 1. The van der Waals surface area contributed by atoms with Gasteiger partial charge in [-0.2, -0.15) is 0 Å². The SMILES string of the molecule is CC[CH]NC(CC)NCc1ccccc1. The fraction of sp³-hybridized carbons (Fsp3) is 0.462. The van der Waals surface area contributed by atoms with Gasteiger partial charge < -0.3 is 0 Å². The van der Waals surface area contributed by atoms with E-state index in [0.717, 1.165) is 19.4 Å². The molecule has 15 heavy (non-hydrogen) atoms. The second-order valence-electron chi connectivity index (χ2n) is 3.61. The topological polar surface area (TPSA) is 24.1 Å². The molecule has 1 unspecified atom stereocenters. The van der Waals surface area contributed by atoms with Gasteiger partial charge in [0.15, 0.2) is 0 Å². The van der Waals surface area contributed by atoms with Gasteiger partial charge >= 0.3 is 0 Å². The molecule has 83 valence electrons. The number of hydrogen-bond donors (Lipinski definition) is 2. The van der Waals surface area contributed by atoms with E-state index in [0.29, 0.717) is 6.17 Å². The second-order valence-corrected chi connectivity index (χ2v) is 3.61. The first kappa shape index (κ1) is 12.2. The predicted octanol–water partition coefficient (Wildman–Crippen LogP) is 2.67. The van der Waals surface area contributed by atoms with Gasteiger partial charge in [-0.15, -0.1) is 0 Å². The minimum Gasteiger partial charge on any atom is -0.298 e. The number of nitrogens with one attached hydrogen (secondary N) is 2. The van der Waals surface area contributed by atoms with Gasteiger partial charge in [0.05, 0.1) is 6.17 Å². The van der Waals surface area contributed by atoms with Crippen LogP contribution >= 0.6 is 0 Å². The van der Waals surface area contributed by atoms with Crippen LogP contribution < -0.4 is 10.6 Å². The lowest BCUT2D eigenvalue weighted by Gasteiger charge is -2.18. The Bertz CT molecular complexity index is 246. The van der Waals surface area contributed by atoms with Gasteiger partial charge in [0.1, 0.15) is 0 Å². The molecule has 0 aliphatic heterocycles. The maximum Gasteiger partial charge on any atom is 0.0574 e. The summed E-state index contributed by atoms with van der Waals surface area (Å²) in [4.78, 5) is 0. The Morgan fingerprint density at radius 2 is 1.93 bits per heavy atom. The summed E-state index contributed by atoms with van der Waals surface area (Å²) in [5.41, 5.74) is 1.33. The molecule has 0 aliphatic carbocycles. The Balaban J connectivity index is 2.28. The van der Waals surface area contributed by atoms with Crippen LogP contribution in [0.15, 0.2) is 30.3 Å². The van der Waals surface area contributed by atoms with E-state index in [1.807, 2.05) is 6.07 Å². The third kappa shape index (κ3) is 4.96. The van der Waals surface area contributed by atoms with Crippen LogP contribution in [0.3, 0.4) is 0 Å². The highest BCUT2D eigenvalue weighted by Gasteiger charge is 2.02. The van der Waals surface area contributed by atoms with E-state index in [1.165, 1.54) is 5.56 Å². The lowest BCUT2D eigenvalue weighted by molar-refractivity contribution is 0.437. The Morgan fingerprint density at radius 3 is 2.53 bits per heavy atom. The van der Waals surface area contributed by atoms with Crippen molar-refractivity contribution in [2.75, 3.05) is 0 Å². The first-order chi connectivity index (χ1) is 7.36. The van der Waals surface area contributed by atoms with Gasteiger partial charge in [-0.05, 0) is 18.4 Å². The van der Waals surface area contributed by atoms with Crippen molar-refractivity contribution in [2.24, 2.45) is 0 Å². The molecule has 0 saturated carbocycles.